The van der Waals surface area contributed by atoms with E-state index in [1.807, 2.05) is 49.1 Å². The Hall–Kier alpha value is -2.94. The standard InChI is InChI=1S/C20H22N6O2S/c1-11-8-16(23-19-17(11)18(13-4-5-13)24-25(19)3)28-10-15(27)21-12(2)14-9-26-6-7-29-20(26)22-14/h6-9,12-13H,4-5,10H2,1-3H3,(H,21,27). The molecule has 0 radical (unpaired) electrons. The highest BCUT2D eigenvalue weighted by Crippen LogP contribution is 2.43. The zero-order valence-electron chi connectivity index (χ0n) is 16.5. The van der Waals surface area contributed by atoms with E-state index in [1.165, 1.54) is 12.8 Å². The molecule has 1 atom stereocenters. The Labute approximate surface area is 171 Å². The molecule has 0 saturated heterocycles. The molecule has 29 heavy (non-hydrogen) atoms. The summed E-state index contributed by atoms with van der Waals surface area (Å²) in [5.74, 6) is 0.777. The minimum atomic E-state index is -0.211. The van der Waals surface area contributed by atoms with Crippen LogP contribution in [0.4, 0.5) is 0 Å². The average molecular weight is 411 g/mol. The molecule has 1 saturated carbocycles. The fourth-order valence-electron chi connectivity index (χ4n) is 3.60. The molecule has 8 nitrogen and oxygen atoms in total. The number of pyridine rings is 1. The molecule has 1 aliphatic rings. The van der Waals surface area contributed by atoms with Crippen molar-refractivity contribution in [2.75, 3.05) is 6.61 Å². The van der Waals surface area contributed by atoms with Gasteiger partial charge >= 0.3 is 0 Å². The van der Waals surface area contributed by atoms with Gasteiger partial charge in [0.2, 0.25) is 5.88 Å². The maximum absolute atomic E-state index is 12.4. The first-order valence-corrected chi connectivity index (χ1v) is 10.6. The maximum Gasteiger partial charge on any atom is 0.258 e. The molecule has 1 amide bonds. The summed E-state index contributed by atoms with van der Waals surface area (Å²) in [6.45, 7) is 3.85. The predicted octanol–water partition coefficient (Wildman–Crippen LogP) is 3.12. The lowest BCUT2D eigenvalue weighted by molar-refractivity contribution is -0.123. The first kappa shape index (κ1) is 18.1. The monoisotopic (exact) mass is 410 g/mol. The molecule has 9 heteroatoms. The number of carbonyl (C=O) groups excluding carboxylic acids is 1. The number of nitrogens with one attached hydrogen (secondary N) is 1. The van der Waals surface area contributed by atoms with Gasteiger partial charge in [-0.25, -0.2) is 4.98 Å². The molecule has 1 fully saturated rings. The lowest BCUT2D eigenvalue weighted by Gasteiger charge is -2.12. The highest BCUT2D eigenvalue weighted by atomic mass is 32.1. The number of amides is 1. The van der Waals surface area contributed by atoms with Crippen molar-refractivity contribution >= 4 is 33.2 Å². The van der Waals surface area contributed by atoms with Gasteiger partial charge in [-0.3, -0.25) is 13.9 Å². The lowest BCUT2D eigenvalue weighted by Crippen LogP contribution is -2.31. The number of aryl methyl sites for hydroxylation is 2. The van der Waals surface area contributed by atoms with Crippen LogP contribution in [0, 0.1) is 6.92 Å². The molecule has 4 heterocycles. The normalized spacial score (nSPS) is 15.1. The Balaban J connectivity index is 1.26. The van der Waals surface area contributed by atoms with Gasteiger partial charge in [0.25, 0.3) is 5.91 Å². The summed E-state index contributed by atoms with van der Waals surface area (Å²) < 4.78 is 9.44. The number of aromatic nitrogens is 5. The third kappa shape index (κ3) is 3.35. The molecular weight excluding hydrogens is 388 g/mol. The first-order chi connectivity index (χ1) is 14.0. The second kappa shape index (κ2) is 6.84. The van der Waals surface area contributed by atoms with Crippen LogP contribution >= 0.6 is 11.3 Å². The summed E-state index contributed by atoms with van der Waals surface area (Å²) in [6, 6.07) is 1.68. The van der Waals surface area contributed by atoms with E-state index in [0.717, 1.165) is 32.9 Å². The topological polar surface area (TPSA) is 86.3 Å². The molecule has 1 aliphatic carbocycles. The van der Waals surface area contributed by atoms with Crippen LogP contribution in [0.1, 0.15) is 48.7 Å². The summed E-state index contributed by atoms with van der Waals surface area (Å²) in [5, 5.41) is 10.7. The molecule has 1 unspecified atom stereocenters. The van der Waals surface area contributed by atoms with E-state index in [0.29, 0.717) is 11.8 Å². The molecule has 5 rings (SSSR count). The number of rotatable bonds is 6. The Morgan fingerprint density at radius 3 is 3.00 bits per heavy atom. The van der Waals surface area contributed by atoms with E-state index < -0.39 is 0 Å². The van der Waals surface area contributed by atoms with Gasteiger partial charge in [0, 0.05) is 42.2 Å². The number of thiazole rings is 1. The van der Waals surface area contributed by atoms with E-state index in [1.54, 1.807) is 16.0 Å². The van der Waals surface area contributed by atoms with Crippen molar-refractivity contribution in [3.8, 4) is 5.88 Å². The molecule has 4 aromatic rings. The summed E-state index contributed by atoms with van der Waals surface area (Å²) >= 11 is 1.56. The van der Waals surface area contributed by atoms with Crippen LogP contribution in [-0.2, 0) is 11.8 Å². The van der Waals surface area contributed by atoms with Crippen molar-refractivity contribution in [3.63, 3.8) is 0 Å². The van der Waals surface area contributed by atoms with E-state index in [2.05, 4.69) is 20.4 Å². The van der Waals surface area contributed by atoms with Crippen LogP contribution in [0.5, 0.6) is 5.88 Å². The third-order valence-corrected chi connectivity index (χ3v) is 6.01. The predicted molar refractivity (Wildman–Crippen MR) is 110 cm³/mol. The minimum Gasteiger partial charge on any atom is -0.468 e. The van der Waals surface area contributed by atoms with Gasteiger partial charge in [-0.05, 0) is 32.3 Å². The van der Waals surface area contributed by atoms with Crippen molar-refractivity contribution in [3.05, 3.63) is 40.8 Å². The largest absolute Gasteiger partial charge is 0.468 e. The number of carbonyl (C=O) groups is 1. The van der Waals surface area contributed by atoms with E-state index in [4.69, 9.17) is 4.74 Å². The summed E-state index contributed by atoms with van der Waals surface area (Å²) in [4.78, 5) is 22.4. The Bertz CT molecular complexity index is 1190. The number of fused-ring (bicyclic) bond motifs is 2. The second-order valence-corrected chi connectivity index (χ2v) is 8.47. The van der Waals surface area contributed by atoms with Crippen molar-refractivity contribution in [1.82, 2.24) is 29.5 Å². The average Bonchev–Trinajstić information content (AvgIpc) is 3.14. The first-order valence-electron chi connectivity index (χ1n) is 9.68. The maximum atomic E-state index is 12.4. The molecule has 1 N–H and O–H groups in total. The van der Waals surface area contributed by atoms with Crippen LogP contribution in [0.2, 0.25) is 0 Å². The van der Waals surface area contributed by atoms with Crippen molar-refractivity contribution in [2.45, 2.75) is 38.6 Å². The molecular formula is C20H22N6O2S. The highest BCUT2D eigenvalue weighted by Gasteiger charge is 2.30. The van der Waals surface area contributed by atoms with Gasteiger partial charge in [-0.15, -0.1) is 11.3 Å². The van der Waals surface area contributed by atoms with E-state index in [-0.39, 0.29) is 18.6 Å². The molecule has 0 aromatic carbocycles. The van der Waals surface area contributed by atoms with Crippen molar-refractivity contribution in [2.24, 2.45) is 7.05 Å². The number of nitrogens with zero attached hydrogens (tertiary/aromatic N) is 5. The zero-order chi connectivity index (χ0) is 20.1. The third-order valence-electron chi connectivity index (χ3n) is 5.24. The fraction of sp³-hybridized carbons (Fsp3) is 0.400. The Kier molecular flexibility index (Phi) is 4.27. The number of hydrogen-bond donors (Lipinski definition) is 1. The van der Waals surface area contributed by atoms with Gasteiger partial charge < -0.3 is 10.1 Å². The van der Waals surface area contributed by atoms with Crippen LogP contribution < -0.4 is 10.1 Å². The number of ether oxygens (including phenoxy) is 1. The lowest BCUT2D eigenvalue weighted by atomic mass is 10.1. The second-order valence-electron chi connectivity index (χ2n) is 7.60. The number of hydrogen-bond acceptors (Lipinski definition) is 6. The van der Waals surface area contributed by atoms with Gasteiger partial charge in [-0.1, -0.05) is 0 Å². The number of imidazole rings is 1. The van der Waals surface area contributed by atoms with Crippen LogP contribution in [0.3, 0.4) is 0 Å². The van der Waals surface area contributed by atoms with Crippen LogP contribution in [-0.4, -0.2) is 36.7 Å². The van der Waals surface area contributed by atoms with Gasteiger partial charge in [0.05, 0.1) is 17.4 Å². The SMILES string of the molecule is Cc1cc(OCC(=O)NC(C)c2cn3ccsc3n2)nc2c1c(C1CC1)nn2C. The summed E-state index contributed by atoms with van der Waals surface area (Å²) in [6.07, 6.45) is 6.26. The van der Waals surface area contributed by atoms with Crippen LogP contribution in [0.25, 0.3) is 16.0 Å². The van der Waals surface area contributed by atoms with E-state index >= 15 is 0 Å². The van der Waals surface area contributed by atoms with Crippen LogP contribution in [0.15, 0.2) is 23.8 Å². The van der Waals surface area contributed by atoms with Gasteiger partial charge in [0.15, 0.2) is 17.2 Å². The van der Waals surface area contributed by atoms with Crippen molar-refractivity contribution < 1.29 is 9.53 Å². The summed E-state index contributed by atoms with van der Waals surface area (Å²) in [5.41, 5.74) is 3.83. The van der Waals surface area contributed by atoms with Gasteiger partial charge in [-0.2, -0.15) is 10.1 Å². The van der Waals surface area contributed by atoms with Crippen molar-refractivity contribution in [1.29, 1.82) is 0 Å². The molecule has 0 spiro atoms. The molecule has 0 bridgehead atoms. The quantitative estimate of drug-likeness (QED) is 0.528. The fourth-order valence-corrected chi connectivity index (χ4v) is 4.31. The Morgan fingerprint density at radius 1 is 1.41 bits per heavy atom. The van der Waals surface area contributed by atoms with E-state index in [9.17, 15) is 4.79 Å². The highest BCUT2D eigenvalue weighted by molar-refractivity contribution is 7.15. The smallest absolute Gasteiger partial charge is 0.258 e. The minimum absolute atomic E-state index is 0.0994. The molecule has 4 aromatic heterocycles. The Morgan fingerprint density at radius 2 is 2.24 bits per heavy atom. The van der Waals surface area contributed by atoms with Gasteiger partial charge in [0.1, 0.15) is 0 Å². The zero-order valence-corrected chi connectivity index (χ0v) is 17.4. The summed E-state index contributed by atoms with van der Waals surface area (Å²) in [7, 11) is 1.90. The molecule has 150 valence electrons. The molecule has 0 aliphatic heterocycles.